The van der Waals surface area contributed by atoms with E-state index in [2.05, 4.69) is 16.7 Å². The van der Waals surface area contributed by atoms with Crippen molar-refractivity contribution in [2.45, 2.75) is 6.17 Å². The molecule has 1 atom stereocenters. The molecular weight excluding hydrogens is 411 g/mol. The van der Waals surface area contributed by atoms with Crippen molar-refractivity contribution >= 4 is 29.4 Å². The molecule has 3 amide bonds. The third kappa shape index (κ3) is 3.42. The van der Waals surface area contributed by atoms with Gasteiger partial charge in [0.1, 0.15) is 23.5 Å². The molecule has 0 saturated carbocycles. The zero-order valence-corrected chi connectivity index (χ0v) is 16.5. The molecule has 2 heterocycles. The van der Waals surface area contributed by atoms with E-state index in [1.54, 1.807) is 53.4 Å². The van der Waals surface area contributed by atoms with Crippen LogP contribution in [0.4, 0.5) is 20.6 Å². The zero-order chi connectivity index (χ0) is 22.2. The highest BCUT2D eigenvalue weighted by Gasteiger charge is 2.38. The molecule has 2 N–H and O–H groups in total. The van der Waals surface area contributed by atoms with Gasteiger partial charge in [-0.1, -0.05) is 6.07 Å². The summed E-state index contributed by atoms with van der Waals surface area (Å²) in [6, 6.07) is 19.4. The maximum absolute atomic E-state index is 13.1. The number of anilines is 2. The van der Waals surface area contributed by atoms with E-state index in [1.165, 1.54) is 24.3 Å². The number of rotatable bonds is 3. The van der Waals surface area contributed by atoms with Crippen LogP contribution in [0.15, 0.2) is 72.3 Å². The predicted molar refractivity (Wildman–Crippen MR) is 115 cm³/mol. The van der Waals surface area contributed by atoms with Crippen LogP contribution in [-0.4, -0.2) is 18.1 Å². The lowest BCUT2D eigenvalue weighted by molar-refractivity contribution is -0.117. The SMILES string of the molecule is N#Cc1ccc2c(c1)N(c1ccc(Oc3ccc(F)cc3)cc1)C1NC(=O)NC(=O)C1=C2. The summed E-state index contributed by atoms with van der Waals surface area (Å²) in [7, 11) is 0. The van der Waals surface area contributed by atoms with Crippen molar-refractivity contribution < 1.29 is 18.7 Å². The Hall–Kier alpha value is -4.64. The molecule has 3 aromatic carbocycles. The average molecular weight is 426 g/mol. The van der Waals surface area contributed by atoms with E-state index in [-0.39, 0.29) is 5.82 Å². The summed E-state index contributed by atoms with van der Waals surface area (Å²) < 4.78 is 18.9. The Bertz CT molecular complexity index is 1310. The molecule has 2 aliphatic heterocycles. The number of hydrogen-bond donors (Lipinski definition) is 2. The Morgan fingerprint density at radius 2 is 1.66 bits per heavy atom. The van der Waals surface area contributed by atoms with Crippen LogP contribution >= 0.6 is 0 Å². The van der Waals surface area contributed by atoms with Crippen LogP contribution in [0.2, 0.25) is 0 Å². The standard InChI is InChI=1S/C24H15FN4O3/c25-16-3-7-18(8-4-16)32-19-9-5-17(6-10-19)29-21-11-14(13-26)1-2-15(21)12-20-22(29)27-24(31)28-23(20)30/h1-12,22H,(H2,27,28,30,31). The summed E-state index contributed by atoms with van der Waals surface area (Å²) in [5.41, 5.74) is 2.94. The first-order valence-electron chi connectivity index (χ1n) is 9.72. The van der Waals surface area contributed by atoms with E-state index < -0.39 is 18.1 Å². The molecule has 1 fully saturated rings. The van der Waals surface area contributed by atoms with Crippen molar-refractivity contribution in [3.63, 3.8) is 0 Å². The molecule has 1 saturated heterocycles. The highest BCUT2D eigenvalue weighted by atomic mass is 19.1. The number of ether oxygens (including phenoxy) is 1. The Balaban J connectivity index is 1.54. The topological polar surface area (TPSA) is 94.5 Å². The Kier molecular flexibility index (Phi) is 4.57. The van der Waals surface area contributed by atoms with E-state index >= 15 is 0 Å². The van der Waals surface area contributed by atoms with Crippen molar-refractivity contribution in [2.75, 3.05) is 4.90 Å². The quantitative estimate of drug-likeness (QED) is 0.655. The summed E-state index contributed by atoms with van der Waals surface area (Å²) in [5.74, 6) is 0.192. The molecular formula is C24H15FN4O3. The molecule has 3 aromatic rings. The maximum Gasteiger partial charge on any atom is 0.323 e. The van der Waals surface area contributed by atoms with E-state index in [0.717, 1.165) is 5.56 Å². The number of fused-ring (bicyclic) bond motifs is 2. The molecule has 32 heavy (non-hydrogen) atoms. The van der Waals surface area contributed by atoms with Crippen LogP contribution in [-0.2, 0) is 4.79 Å². The van der Waals surface area contributed by atoms with Gasteiger partial charge in [-0.3, -0.25) is 10.1 Å². The number of nitrogens with zero attached hydrogens (tertiary/aromatic N) is 2. The number of halogens is 1. The van der Waals surface area contributed by atoms with Gasteiger partial charge in [0.05, 0.1) is 22.9 Å². The van der Waals surface area contributed by atoms with Gasteiger partial charge in [-0.15, -0.1) is 0 Å². The molecule has 0 bridgehead atoms. The summed E-state index contributed by atoms with van der Waals surface area (Å²) in [6.07, 6.45) is 0.972. The first-order valence-corrected chi connectivity index (χ1v) is 9.72. The monoisotopic (exact) mass is 426 g/mol. The lowest BCUT2D eigenvalue weighted by Gasteiger charge is -2.41. The third-order valence-electron chi connectivity index (χ3n) is 5.20. The number of amides is 3. The van der Waals surface area contributed by atoms with Gasteiger partial charge in [0.2, 0.25) is 0 Å². The molecule has 2 aliphatic rings. The van der Waals surface area contributed by atoms with Crippen molar-refractivity contribution in [1.82, 2.24) is 10.6 Å². The van der Waals surface area contributed by atoms with Crippen LogP contribution < -0.4 is 20.3 Å². The van der Waals surface area contributed by atoms with Crippen LogP contribution in [0.1, 0.15) is 11.1 Å². The van der Waals surface area contributed by atoms with E-state index in [0.29, 0.717) is 34.0 Å². The molecule has 0 radical (unpaired) electrons. The van der Waals surface area contributed by atoms with Gasteiger partial charge in [0.25, 0.3) is 5.91 Å². The summed E-state index contributed by atoms with van der Waals surface area (Å²) in [5, 5.41) is 14.4. The molecule has 7 nitrogen and oxygen atoms in total. The van der Waals surface area contributed by atoms with E-state index in [1.807, 2.05) is 0 Å². The molecule has 0 aliphatic carbocycles. The number of carbonyl (C=O) groups is 2. The Morgan fingerprint density at radius 3 is 2.34 bits per heavy atom. The minimum absolute atomic E-state index is 0.351. The highest BCUT2D eigenvalue weighted by molar-refractivity contribution is 6.12. The van der Waals surface area contributed by atoms with Gasteiger partial charge in [-0.05, 0) is 72.3 Å². The Labute approximate surface area is 182 Å². The van der Waals surface area contributed by atoms with Crippen LogP contribution in [0, 0.1) is 17.1 Å². The number of nitriles is 1. The first-order chi connectivity index (χ1) is 15.5. The van der Waals surface area contributed by atoms with Gasteiger partial charge in [0.15, 0.2) is 0 Å². The zero-order valence-electron chi connectivity index (χ0n) is 16.5. The lowest BCUT2D eigenvalue weighted by atomic mass is 9.96. The van der Waals surface area contributed by atoms with E-state index in [4.69, 9.17) is 4.74 Å². The maximum atomic E-state index is 13.1. The minimum Gasteiger partial charge on any atom is -0.457 e. The predicted octanol–water partition coefficient (Wildman–Crippen LogP) is 4.19. The summed E-state index contributed by atoms with van der Waals surface area (Å²) >= 11 is 0. The van der Waals surface area contributed by atoms with E-state index in [9.17, 15) is 19.2 Å². The minimum atomic E-state index is -0.735. The molecule has 5 rings (SSSR count). The third-order valence-corrected chi connectivity index (χ3v) is 5.20. The molecule has 0 aromatic heterocycles. The van der Waals surface area contributed by atoms with Gasteiger partial charge < -0.3 is 15.0 Å². The first kappa shape index (κ1) is 19.3. The number of urea groups is 1. The fourth-order valence-corrected chi connectivity index (χ4v) is 3.74. The number of hydrogen-bond acceptors (Lipinski definition) is 5. The molecule has 156 valence electrons. The average Bonchev–Trinajstić information content (AvgIpc) is 2.80. The molecule has 1 unspecified atom stereocenters. The van der Waals surface area contributed by atoms with Gasteiger partial charge in [0, 0.05) is 5.69 Å². The van der Waals surface area contributed by atoms with Crippen molar-refractivity contribution in [3.8, 4) is 17.6 Å². The number of benzene rings is 3. The molecule has 8 heteroatoms. The highest BCUT2D eigenvalue weighted by Crippen LogP contribution is 2.39. The number of carbonyl (C=O) groups excluding carboxylic acids is 2. The fraction of sp³-hybridized carbons (Fsp3) is 0.0417. The summed E-state index contributed by atoms with van der Waals surface area (Å²) in [6.45, 7) is 0. The van der Waals surface area contributed by atoms with Crippen LogP contribution in [0.3, 0.4) is 0 Å². The lowest BCUT2D eigenvalue weighted by Crippen LogP contribution is -2.60. The molecule has 0 spiro atoms. The van der Waals surface area contributed by atoms with Gasteiger partial charge >= 0.3 is 6.03 Å². The van der Waals surface area contributed by atoms with Crippen LogP contribution in [0.25, 0.3) is 6.08 Å². The van der Waals surface area contributed by atoms with Gasteiger partial charge in [-0.25, -0.2) is 9.18 Å². The van der Waals surface area contributed by atoms with Crippen molar-refractivity contribution in [3.05, 3.63) is 89.2 Å². The second-order valence-corrected chi connectivity index (χ2v) is 7.24. The largest absolute Gasteiger partial charge is 0.457 e. The van der Waals surface area contributed by atoms with Crippen LogP contribution in [0.5, 0.6) is 11.5 Å². The van der Waals surface area contributed by atoms with Gasteiger partial charge in [-0.2, -0.15) is 5.26 Å². The smallest absolute Gasteiger partial charge is 0.323 e. The second kappa shape index (κ2) is 7.56. The second-order valence-electron chi connectivity index (χ2n) is 7.24. The number of imide groups is 1. The van der Waals surface area contributed by atoms with Crippen molar-refractivity contribution in [2.24, 2.45) is 0 Å². The normalized spacial score (nSPS) is 16.7. The van der Waals surface area contributed by atoms with Crippen molar-refractivity contribution in [1.29, 1.82) is 5.26 Å². The summed E-state index contributed by atoms with van der Waals surface area (Å²) in [4.78, 5) is 26.3. The Morgan fingerprint density at radius 1 is 0.969 bits per heavy atom. The fourth-order valence-electron chi connectivity index (χ4n) is 3.74. The number of nitrogens with one attached hydrogen (secondary N) is 2.